The average Bonchev–Trinajstić information content (AvgIpc) is 2.01. The zero-order valence-corrected chi connectivity index (χ0v) is 58.8. The van der Waals surface area contributed by atoms with Crippen LogP contribution in [0.3, 0.4) is 0 Å². The second-order valence-corrected chi connectivity index (χ2v) is 25.5. The first-order chi connectivity index (χ1) is 40.2. The molecule has 24 nitrogen and oxygen atoms in total. The Morgan fingerprint density at radius 1 is 0.625 bits per heavy atom. The first-order valence-corrected chi connectivity index (χ1v) is 30.2. The Balaban J connectivity index is 0.000000848. The number of aliphatic hydroxyl groups excluding tert-OH is 3. The van der Waals surface area contributed by atoms with Gasteiger partial charge in [-0.2, -0.15) is 7.11 Å². The molecule has 5 N–H and O–H groups in total. The van der Waals surface area contributed by atoms with E-state index in [4.69, 9.17) is 47.7 Å². The van der Waals surface area contributed by atoms with Gasteiger partial charge in [-0.1, -0.05) is 41.5 Å². The van der Waals surface area contributed by atoms with Crippen LogP contribution >= 0.6 is 0 Å². The number of hydrogen-bond donors (Lipinski definition) is 5. The molecule has 4 aliphatic rings. The van der Waals surface area contributed by atoms with Crippen LogP contribution < -0.4 is 34.7 Å². The Morgan fingerprint density at radius 2 is 0.955 bits per heavy atom. The number of cyclic esters (lactones) is 2. The van der Waals surface area contributed by atoms with Crippen molar-refractivity contribution in [3.05, 3.63) is 23.3 Å². The predicted octanol–water partition coefficient (Wildman–Crippen LogP) is -0.160. The van der Waals surface area contributed by atoms with Crippen LogP contribution in [-0.2, 0) is 76.2 Å². The summed E-state index contributed by atoms with van der Waals surface area (Å²) in [5.41, 5.74) is -6.19. The predicted molar refractivity (Wildman–Crippen MR) is 317 cm³/mol. The number of likely N-dealkylation sites (N-methyl/N-ethyl adjacent to an activating group) is 2. The van der Waals surface area contributed by atoms with E-state index in [2.05, 4.69) is 0 Å². The molecule has 4 heterocycles. The standard InChI is InChI=1S/C32H53NO11.C30H51NO10.CH3O.Na/c1-12-24-31(7,39)15-22(16-41-21(6)34)25(35)17(2)14-32(8,40-11)28(19(4)26(36)20(5)29(38)43-24)44-30-27(37)23(33(9)10)13-18(3)42-30;1-11-22-29(6,37)14-20(15-32)23(33)16(2)13-30(7,38-10)26(18(4)24(34)19(5)27(36)40-22)41-28-25(35)21(31(8)9)12-17(3)39-28;1-2;/h15,17-20,23-24,27-28,30,37,39H,12-14,16H2,1-11H3;14,16-19,21-22,25-26,28,32,35,37H,11-13,15H2,1-10H3;1H3;/q;;-1;+1/b22-15+;20-14+;;/t17-,18-,19+,20-,23+,24-,27-,28-,30+,31+,32+;16-,17-,18+,19-,21+,22-,25-,26-,28+,29+,30+;;/m11../s1. The fourth-order valence-electron chi connectivity index (χ4n) is 12.3. The summed E-state index contributed by atoms with van der Waals surface area (Å²) in [7, 11) is 11.0. The molecule has 0 saturated carbocycles. The molecule has 0 amide bonds. The summed E-state index contributed by atoms with van der Waals surface area (Å²) in [6.07, 6.45) is -5.09. The smallest absolute Gasteiger partial charge is 0.857 e. The Morgan fingerprint density at radius 3 is 1.25 bits per heavy atom. The number of ketones is 4. The summed E-state index contributed by atoms with van der Waals surface area (Å²) < 4.78 is 53.2. The molecule has 88 heavy (non-hydrogen) atoms. The largest absolute Gasteiger partial charge is 1.00 e. The van der Waals surface area contributed by atoms with E-state index in [0.29, 0.717) is 12.8 Å². The first kappa shape index (κ1) is 83.0. The van der Waals surface area contributed by atoms with Crippen LogP contribution in [0.4, 0.5) is 0 Å². The van der Waals surface area contributed by atoms with Gasteiger partial charge in [-0.15, -0.1) is 0 Å². The van der Waals surface area contributed by atoms with Crippen molar-refractivity contribution in [1.29, 1.82) is 0 Å². The van der Waals surface area contributed by atoms with E-state index in [1.807, 2.05) is 51.8 Å². The average molecular weight is 1270 g/mol. The van der Waals surface area contributed by atoms with E-state index < -0.39 is 161 Å². The molecule has 0 spiro atoms. The summed E-state index contributed by atoms with van der Waals surface area (Å²) in [5.74, 6) is -10.0. The zero-order valence-electron chi connectivity index (χ0n) is 56.8. The third-order valence-corrected chi connectivity index (χ3v) is 17.7. The van der Waals surface area contributed by atoms with Gasteiger partial charge in [0.2, 0.25) is 0 Å². The van der Waals surface area contributed by atoms with E-state index in [9.17, 15) is 59.1 Å². The molecule has 4 rings (SSSR count). The molecular weight excluding hydrogens is 1160 g/mol. The SMILES string of the molecule is CC[C@H]1OC(=O)[C@H](C)C(=O)[C@H](C)[C@@H](O[C@@H]2O[C@H](C)C[C@H](N(C)C)[C@H]2O)[C@@](C)(OC)C[C@@H](C)C(=O)/C(CO)=C/[C@]1(C)O.CC[C@H]1OC(=O)[C@H](C)C(=O)[C@H](C)[C@@H](O[C@@H]2O[C@H](C)C[C@H](N(C)C)[C@H]2O)[C@@](C)(OC)C[C@@H](C)C(=O)/C(COC(C)=O)=C/[C@]1(C)O.C[O-].[Na+]. The summed E-state index contributed by atoms with van der Waals surface area (Å²) >= 11 is 0. The van der Waals surface area contributed by atoms with Crippen LogP contribution in [0.5, 0.6) is 0 Å². The van der Waals surface area contributed by atoms with Gasteiger partial charge in [0.25, 0.3) is 0 Å². The molecule has 2 fully saturated rings. The van der Waals surface area contributed by atoms with Crippen LogP contribution in [0.2, 0.25) is 0 Å². The third kappa shape index (κ3) is 21.3. The number of ether oxygens (including phenoxy) is 9. The van der Waals surface area contributed by atoms with Gasteiger partial charge in [-0.05, 0) is 134 Å². The third-order valence-electron chi connectivity index (χ3n) is 17.7. The van der Waals surface area contributed by atoms with Crippen LogP contribution in [0.25, 0.3) is 0 Å². The van der Waals surface area contributed by atoms with Crippen molar-refractivity contribution in [2.24, 2.45) is 35.5 Å². The molecule has 0 aliphatic carbocycles. The van der Waals surface area contributed by atoms with Crippen molar-refractivity contribution in [3.8, 4) is 0 Å². The van der Waals surface area contributed by atoms with Gasteiger partial charge in [-0.3, -0.25) is 33.6 Å². The molecule has 502 valence electrons. The van der Waals surface area contributed by atoms with Crippen LogP contribution in [0.1, 0.15) is 142 Å². The molecule has 4 aliphatic heterocycles. The monoisotopic (exact) mass is 1270 g/mol. The normalized spacial score (nSPS) is 40.8. The summed E-state index contributed by atoms with van der Waals surface area (Å²) in [5, 5.41) is 63.3. The van der Waals surface area contributed by atoms with Crippen LogP contribution in [0, 0.1) is 35.5 Å². The van der Waals surface area contributed by atoms with Crippen molar-refractivity contribution in [1.82, 2.24) is 9.80 Å². The maximum absolute atomic E-state index is 13.9. The fourth-order valence-corrected chi connectivity index (χ4v) is 12.3. The van der Waals surface area contributed by atoms with Crippen molar-refractivity contribution in [3.63, 3.8) is 0 Å². The van der Waals surface area contributed by atoms with E-state index in [1.165, 1.54) is 61.0 Å². The van der Waals surface area contributed by atoms with Crippen molar-refractivity contribution < 1.29 is 136 Å². The summed E-state index contributed by atoms with van der Waals surface area (Å²) in [6, 6.07) is -0.559. The maximum Gasteiger partial charge on any atom is 1.00 e. The minimum absolute atomic E-state index is 0. The Labute approximate surface area is 544 Å². The second-order valence-electron chi connectivity index (χ2n) is 25.5. The number of esters is 3. The number of carbonyl (C=O) groups excluding carboxylic acids is 7. The molecule has 2 saturated heterocycles. The number of methoxy groups -OCH3 is 2. The molecule has 22 atom stereocenters. The minimum atomic E-state index is -1.82. The molecule has 25 heteroatoms. The Bertz CT molecular complexity index is 2370. The van der Waals surface area contributed by atoms with Gasteiger partial charge >= 0.3 is 47.5 Å². The van der Waals surface area contributed by atoms with Gasteiger partial charge in [0.05, 0.1) is 42.2 Å². The number of rotatable bonds is 13. The summed E-state index contributed by atoms with van der Waals surface area (Å²) in [6.45, 7) is 22.9. The molecule has 0 aromatic carbocycles. The van der Waals surface area contributed by atoms with Gasteiger partial charge in [0.1, 0.15) is 54.1 Å². The van der Waals surface area contributed by atoms with E-state index >= 15 is 0 Å². The minimum Gasteiger partial charge on any atom is -0.857 e. The van der Waals surface area contributed by atoms with Crippen LogP contribution in [-0.4, -0.2) is 235 Å². The molecule has 0 aromatic rings. The topological polar surface area (TPSA) is 333 Å². The molecule has 0 unspecified atom stereocenters. The Kier molecular flexibility index (Phi) is 33.9. The van der Waals surface area contributed by atoms with Gasteiger partial charge in [0, 0.05) is 68.0 Å². The van der Waals surface area contributed by atoms with E-state index in [0.717, 1.165) is 7.11 Å². The van der Waals surface area contributed by atoms with Crippen LogP contribution in [0.15, 0.2) is 23.3 Å². The van der Waals surface area contributed by atoms with E-state index in [-0.39, 0.29) is 90.7 Å². The van der Waals surface area contributed by atoms with Crippen molar-refractivity contribution in [2.75, 3.05) is 62.7 Å². The Hall–Kier alpha value is -2.99. The maximum atomic E-state index is 13.9. The number of aliphatic hydroxyl groups is 5. The molecule has 0 bridgehead atoms. The second kappa shape index (κ2) is 35.9. The molecule has 0 radical (unpaired) electrons. The number of Topliss-reactive ketones (excluding diaryl/α,β-unsaturated/α-hetero) is 4. The van der Waals surface area contributed by atoms with E-state index in [1.54, 1.807) is 55.4 Å². The zero-order chi connectivity index (χ0) is 67.2. The first-order valence-electron chi connectivity index (χ1n) is 30.2. The van der Waals surface area contributed by atoms with Gasteiger partial charge in [0.15, 0.2) is 35.7 Å². The molecule has 0 aromatic heterocycles. The quantitative estimate of drug-likeness (QED) is 0.0692. The number of nitrogens with zero attached hydrogens (tertiary/aromatic N) is 2. The fraction of sp³-hybridized carbons (Fsp3) is 0.825. The molecular formula is C63H107N2NaO22. The summed E-state index contributed by atoms with van der Waals surface area (Å²) in [4.78, 5) is 96.9. The van der Waals surface area contributed by atoms with Gasteiger partial charge in [-0.25, -0.2) is 0 Å². The van der Waals surface area contributed by atoms with Crippen molar-refractivity contribution >= 4 is 41.0 Å². The van der Waals surface area contributed by atoms with Crippen molar-refractivity contribution in [2.45, 2.75) is 238 Å². The number of carbonyl (C=O) groups is 7. The number of hydrogen-bond acceptors (Lipinski definition) is 24. The van der Waals surface area contributed by atoms with Gasteiger partial charge < -0.3 is 83.1 Å².